The molecule has 0 aromatic carbocycles. The molecule has 6 heteroatoms. The van der Waals surface area contributed by atoms with Crippen LogP contribution >= 0.6 is 11.6 Å². The lowest BCUT2D eigenvalue weighted by Gasteiger charge is -2.33. The molecule has 1 fully saturated rings. The number of rotatable bonds is 1. The van der Waals surface area contributed by atoms with Gasteiger partial charge in [0.15, 0.2) is 0 Å². The largest absolute Gasteiger partial charge is 0.444 e. The molecule has 2 N–H and O–H groups in total. The zero-order chi connectivity index (χ0) is 16.5. The Hall–Kier alpha value is -1.49. The van der Waals surface area contributed by atoms with Crippen LogP contribution in [0.5, 0.6) is 0 Å². The van der Waals surface area contributed by atoms with Crippen molar-refractivity contribution in [2.45, 2.75) is 52.1 Å². The minimum atomic E-state index is -0.465. The lowest BCUT2D eigenvalue weighted by Crippen LogP contribution is -2.41. The van der Waals surface area contributed by atoms with Gasteiger partial charge >= 0.3 is 6.09 Å². The Kier molecular flexibility index (Phi) is 4.85. The van der Waals surface area contributed by atoms with Gasteiger partial charge in [-0.1, -0.05) is 11.6 Å². The molecule has 122 valence electrons. The van der Waals surface area contributed by atoms with Crippen LogP contribution < -0.4 is 5.73 Å². The van der Waals surface area contributed by atoms with Crippen LogP contribution in [-0.4, -0.2) is 34.7 Å². The van der Waals surface area contributed by atoms with Crippen LogP contribution in [-0.2, 0) is 4.74 Å². The number of nitrogens with two attached hydrogens (primary N) is 1. The first-order valence-corrected chi connectivity index (χ1v) is 7.95. The highest BCUT2D eigenvalue weighted by atomic mass is 35.5. The summed E-state index contributed by atoms with van der Waals surface area (Å²) in [5, 5.41) is 0.590. The van der Waals surface area contributed by atoms with Crippen LogP contribution in [0.2, 0.25) is 5.02 Å². The highest BCUT2D eigenvalue weighted by Crippen LogP contribution is 2.32. The number of hydrogen-bond donors (Lipinski definition) is 1. The van der Waals surface area contributed by atoms with Gasteiger partial charge in [0, 0.05) is 19.0 Å². The van der Waals surface area contributed by atoms with Crippen LogP contribution in [0.15, 0.2) is 6.07 Å². The average Bonchev–Trinajstić information content (AvgIpc) is 2.41. The number of amides is 1. The second-order valence-electron chi connectivity index (χ2n) is 6.77. The summed E-state index contributed by atoms with van der Waals surface area (Å²) in [6, 6.07) is 1.76. The molecule has 0 atom stereocenters. The number of piperidine rings is 1. The number of carbonyl (C=O) groups is 1. The molecule has 0 spiro atoms. The number of pyridine rings is 1. The first kappa shape index (κ1) is 16.9. The van der Waals surface area contributed by atoms with E-state index in [9.17, 15) is 4.79 Å². The van der Waals surface area contributed by atoms with Gasteiger partial charge in [-0.05, 0) is 46.6 Å². The number of ether oxygens (including phenoxy) is 1. The number of aromatic nitrogens is 1. The second kappa shape index (κ2) is 6.32. The van der Waals surface area contributed by atoms with E-state index in [1.54, 1.807) is 11.0 Å². The van der Waals surface area contributed by atoms with Crippen LogP contribution in [0.3, 0.4) is 0 Å². The highest BCUT2D eigenvalue weighted by molar-refractivity contribution is 6.31. The minimum absolute atomic E-state index is 0.251. The molecule has 2 rings (SSSR count). The Bertz CT molecular complexity index is 561. The van der Waals surface area contributed by atoms with E-state index in [0.717, 1.165) is 24.2 Å². The first-order chi connectivity index (χ1) is 10.2. The van der Waals surface area contributed by atoms with E-state index >= 15 is 0 Å². The van der Waals surface area contributed by atoms with Gasteiger partial charge in [-0.15, -0.1) is 0 Å². The number of hydrogen-bond acceptors (Lipinski definition) is 4. The molecule has 0 aliphatic carbocycles. The number of nitrogen functional groups attached to an aromatic ring is 1. The summed E-state index contributed by atoms with van der Waals surface area (Å²) in [5.41, 5.74) is 7.90. The summed E-state index contributed by atoms with van der Waals surface area (Å²) in [4.78, 5) is 18.4. The maximum Gasteiger partial charge on any atom is 0.410 e. The van der Waals surface area contributed by atoms with Crippen molar-refractivity contribution in [3.63, 3.8) is 0 Å². The van der Waals surface area contributed by atoms with Crippen molar-refractivity contribution in [3.8, 4) is 0 Å². The molecule has 0 radical (unpaired) electrons. The lowest BCUT2D eigenvalue weighted by molar-refractivity contribution is 0.0204. The summed E-state index contributed by atoms with van der Waals surface area (Å²) in [6.07, 6.45) is 1.41. The van der Waals surface area contributed by atoms with E-state index in [-0.39, 0.29) is 12.0 Å². The predicted molar refractivity (Wildman–Crippen MR) is 88.2 cm³/mol. The SMILES string of the molecule is Cc1nc(C2CCN(C(=O)OC(C)(C)C)CC2)c(N)cc1Cl. The summed E-state index contributed by atoms with van der Waals surface area (Å²) in [7, 11) is 0. The quantitative estimate of drug-likeness (QED) is 0.854. The van der Waals surface area contributed by atoms with Crippen molar-refractivity contribution in [1.29, 1.82) is 0 Å². The van der Waals surface area contributed by atoms with E-state index in [1.165, 1.54) is 0 Å². The smallest absolute Gasteiger partial charge is 0.410 e. The van der Waals surface area contributed by atoms with E-state index in [2.05, 4.69) is 4.98 Å². The van der Waals surface area contributed by atoms with E-state index in [0.29, 0.717) is 23.8 Å². The van der Waals surface area contributed by atoms with Gasteiger partial charge in [-0.2, -0.15) is 0 Å². The maximum atomic E-state index is 12.1. The molecule has 1 aromatic heterocycles. The molecule has 1 aliphatic heterocycles. The van der Waals surface area contributed by atoms with Crippen molar-refractivity contribution < 1.29 is 9.53 Å². The third kappa shape index (κ3) is 4.03. The molecule has 1 amide bonds. The third-order valence-corrected chi connectivity index (χ3v) is 4.13. The predicted octanol–water partition coefficient (Wildman–Crippen LogP) is 3.74. The van der Waals surface area contributed by atoms with Crippen molar-refractivity contribution in [2.24, 2.45) is 0 Å². The molecule has 2 heterocycles. The van der Waals surface area contributed by atoms with Crippen molar-refractivity contribution >= 4 is 23.4 Å². The van der Waals surface area contributed by atoms with Crippen LogP contribution in [0.4, 0.5) is 10.5 Å². The van der Waals surface area contributed by atoms with Crippen LogP contribution in [0, 0.1) is 6.92 Å². The zero-order valence-corrected chi connectivity index (χ0v) is 14.4. The number of anilines is 1. The van der Waals surface area contributed by atoms with Gasteiger partial charge in [0.05, 0.1) is 22.1 Å². The van der Waals surface area contributed by atoms with Crippen LogP contribution in [0.25, 0.3) is 0 Å². The molecule has 0 saturated carbocycles. The summed E-state index contributed by atoms with van der Waals surface area (Å²) in [6.45, 7) is 8.81. The van der Waals surface area contributed by atoms with Crippen molar-refractivity contribution in [1.82, 2.24) is 9.88 Å². The Morgan fingerprint density at radius 3 is 2.55 bits per heavy atom. The minimum Gasteiger partial charge on any atom is -0.444 e. The zero-order valence-electron chi connectivity index (χ0n) is 13.6. The Morgan fingerprint density at radius 1 is 1.41 bits per heavy atom. The molecular formula is C16H24ClN3O2. The second-order valence-corrected chi connectivity index (χ2v) is 7.18. The first-order valence-electron chi connectivity index (χ1n) is 7.58. The number of carbonyl (C=O) groups excluding carboxylic acids is 1. The molecule has 22 heavy (non-hydrogen) atoms. The number of likely N-dealkylation sites (tertiary alicyclic amines) is 1. The number of halogens is 1. The standard InChI is InChI=1S/C16H24ClN3O2/c1-10-12(17)9-13(18)14(19-10)11-5-7-20(8-6-11)15(21)22-16(2,3)4/h9,11H,5-8,18H2,1-4H3. The summed E-state index contributed by atoms with van der Waals surface area (Å²) in [5.74, 6) is 0.259. The molecule has 5 nitrogen and oxygen atoms in total. The number of aryl methyl sites for hydroxylation is 1. The summed E-state index contributed by atoms with van der Waals surface area (Å²) < 4.78 is 5.41. The van der Waals surface area contributed by atoms with Gasteiger partial charge in [-0.25, -0.2) is 4.79 Å². The molecule has 0 unspecified atom stereocenters. The Morgan fingerprint density at radius 2 is 2.00 bits per heavy atom. The van der Waals surface area contributed by atoms with Gasteiger partial charge in [0.2, 0.25) is 0 Å². The monoisotopic (exact) mass is 325 g/mol. The summed E-state index contributed by atoms with van der Waals surface area (Å²) >= 11 is 6.04. The van der Waals surface area contributed by atoms with Gasteiger partial charge in [0.25, 0.3) is 0 Å². The molecule has 1 aliphatic rings. The molecular weight excluding hydrogens is 302 g/mol. The van der Waals surface area contributed by atoms with E-state index in [1.807, 2.05) is 27.7 Å². The van der Waals surface area contributed by atoms with E-state index < -0.39 is 5.60 Å². The van der Waals surface area contributed by atoms with E-state index in [4.69, 9.17) is 22.1 Å². The van der Waals surface area contributed by atoms with Crippen molar-refractivity contribution in [3.05, 3.63) is 22.5 Å². The fourth-order valence-electron chi connectivity index (χ4n) is 2.60. The third-order valence-electron chi connectivity index (χ3n) is 3.75. The van der Waals surface area contributed by atoms with Gasteiger partial charge < -0.3 is 15.4 Å². The molecule has 0 bridgehead atoms. The molecule has 1 saturated heterocycles. The Balaban J connectivity index is 2.01. The maximum absolute atomic E-state index is 12.1. The molecule has 1 aromatic rings. The van der Waals surface area contributed by atoms with Gasteiger partial charge in [0.1, 0.15) is 5.60 Å². The van der Waals surface area contributed by atoms with Crippen molar-refractivity contribution in [2.75, 3.05) is 18.8 Å². The normalized spacial score (nSPS) is 16.7. The van der Waals surface area contributed by atoms with Crippen LogP contribution in [0.1, 0.15) is 50.9 Å². The lowest BCUT2D eigenvalue weighted by atomic mass is 9.92. The topological polar surface area (TPSA) is 68.5 Å². The highest BCUT2D eigenvalue weighted by Gasteiger charge is 2.29. The fourth-order valence-corrected chi connectivity index (χ4v) is 2.76. The fraction of sp³-hybridized carbons (Fsp3) is 0.625. The van der Waals surface area contributed by atoms with Gasteiger partial charge in [-0.3, -0.25) is 4.98 Å². The Labute approximate surface area is 136 Å². The average molecular weight is 326 g/mol. The number of nitrogens with zero attached hydrogens (tertiary/aromatic N) is 2.